The van der Waals surface area contributed by atoms with Crippen LogP contribution in [0.3, 0.4) is 0 Å². The summed E-state index contributed by atoms with van der Waals surface area (Å²) >= 11 is 6.14. The van der Waals surface area contributed by atoms with Crippen molar-refractivity contribution >= 4 is 46.9 Å². The standard InChI is InChI=1S/C27H34ClN9O2/c1-18(32-21-5-3-4-20(28)14-21)12-23(30-16-27(6-7-27)17-36-10-8-35(2)9-11-36)37-24(29)19(15-31-37)13-22-25(38)34-26(39)33-22/h3-5,12-15,30,32H,1,6-11,16-17,29H2,2H3,(H2,33,34,38,39)/b22-13-,23-12-. The zero-order valence-corrected chi connectivity index (χ0v) is 22.7. The van der Waals surface area contributed by atoms with E-state index in [1.54, 1.807) is 16.9 Å². The summed E-state index contributed by atoms with van der Waals surface area (Å²) in [6, 6.07) is 6.82. The van der Waals surface area contributed by atoms with Gasteiger partial charge in [0.2, 0.25) is 0 Å². The molecular formula is C27H34ClN9O2. The van der Waals surface area contributed by atoms with E-state index < -0.39 is 11.9 Å². The Morgan fingerprint density at radius 2 is 2.00 bits per heavy atom. The summed E-state index contributed by atoms with van der Waals surface area (Å²) in [6.45, 7) is 10.3. The Hall–Kier alpha value is -3.80. The number of imide groups is 1. The first-order valence-electron chi connectivity index (χ1n) is 13.0. The Morgan fingerprint density at radius 3 is 2.67 bits per heavy atom. The minimum atomic E-state index is -0.571. The predicted molar refractivity (Wildman–Crippen MR) is 153 cm³/mol. The number of halogens is 1. The number of aromatic nitrogens is 2. The number of rotatable bonds is 10. The average Bonchev–Trinajstić information content (AvgIpc) is 3.45. The third-order valence-corrected chi connectivity index (χ3v) is 7.52. The monoisotopic (exact) mass is 551 g/mol. The maximum atomic E-state index is 12.0. The number of allylic oxidation sites excluding steroid dienone is 1. The van der Waals surface area contributed by atoms with E-state index in [1.807, 2.05) is 24.3 Å². The summed E-state index contributed by atoms with van der Waals surface area (Å²) in [5, 5.41) is 16.6. The number of benzene rings is 1. The molecule has 39 heavy (non-hydrogen) atoms. The normalized spacial score (nSPS) is 20.6. The van der Waals surface area contributed by atoms with Gasteiger partial charge < -0.3 is 31.5 Å². The van der Waals surface area contributed by atoms with Gasteiger partial charge in [-0.25, -0.2) is 9.48 Å². The molecule has 1 aliphatic carbocycles. The van der Waals surface area contributed by atoms with Crippen LogP contribution in [0.5, 0.6) is 0 Å². The van der Waals surface area contributed by atoms with Gasteiger partial charge >= 0.3 is 6.03 Å². The SMILES string of the molecule is C=C(/C=C(/NCC1(CN2CCN(C)CC2)CC1)n1ncc(/C=C2\NC(=O)NC2=O)c1N)Nc1cccc(Cl)c1. The summed E-state index contributed by atoms with van der Waals surface area (Å²) in [5.41, 5.74) is 8.70. The molecular weight excluding hydrogens is 518 g/mol. The van der Waals surface area contributed by atoms with Gasteiger partial charge in [-0.05, 0) is 44.2 Å². The molecule has 2 aliphatic heterocycles. The largest absolute Gasteiger partial charge is 0.383 e. The van der Waals surface area contributed by atoms with Crippen molar-refractivity contribution in [3.63, 3.8) is 0 Å². The number of carbonyl (C=O) groups is 2. The zero-order chi connectivity index (χ0) is 27.6. The van der Waals surface area contributed by atoms with E-state index in [0.29, 0.717) is 27.9 Å². The van der Waals surface area contributed by atoms with Crippen LogP contribution in [-0.2, 0) is 4.79 Å². The predicted octanol–water partition coefficient (Wildman–Crippen LogP) is 2.34. The number of nitrogen functional groups attached to an aromatic ring is 1. The molecule has 11 nitrogen and oxygen atoms in total. The summed E-state index contributed by atoms with van der Waals surface area (Å²) in [4.78, 5) is 28.4. The minimum absolute atomic E-state index is 0.112. The third-order valence-electron chi connectivity index (χ3n) is 7.28. The van der Waals surface area contributed by atoms with Crippen LogP contribution in [0.4, 0.5) is 16.3 Å². The van der Waals surface area contributed by atoms with Crippen LogP contribution in [0.1, 0.15) is 18.4 Å². The van der Waals surface area contributed by atoms with E-state index in [9.17, 15) is 9.59 Å². The average molecular weight is 552 g/mol. The molecule has 12 heteroatoms. The lowest BCUT2D eigenvalue weighted by molar-refractivity contribution is -0.115. The molecule has 0 unspecified atom stereocenters. The number of nitrogens with one attached hydrogen (secondary N) is 4. The highest BCUT2D eigenvalue weighted by molar-refractivity contribution is 6.30. The third kappa shape index (κ3) is 6.62. The molecule has 3 amide bonds. The van der Waals surface area contributed by atoms with Gasteiger partial charge in [-0.15, -0.1) is 0 Å². The molecule has 2 saturated heterocycles. The fourth-order valence-electron chi connectivity index (χ4n) is 4.78. The smallest absolute Gasteiger partial charge is 0.326 e. The summed E-state index contributed by atoms with van der Waals surface area (Å²) in [5.74, 6) is 0.440. The van der Waals surface area contributed by atoms with Crippen LogP contribution >= 0.6 is 11.6 Å². The maximum Gasteiger partial charge on any atom is 0.326 e. The van der Waals surface area contributed by atoms with Crippen LogP contribution in [0.25, 0.3) is 11.9 Å². The number of anilines is 2. The van der Waals surface area contributed by atoms with Crippen molar-refractivity contribution in [2.75, 3.05) is 57.4 Å². The number of amides is 3. The van der Waals surface area contributed by atoms with E-state index in [4.69, 9.17) is 17.3 Å². The van der Waals surface area contributed by atoms with Crippen LogP contribution in [0, 0.1) is 5.41 Å². The fraction of sp³-hybridized carbons (Fsp3) is 0.370. The number of urea groups is 1. The Labute approximate surface area is 232 Å². The molecule has 3 aliphatic rings. The lowest BCUT2D eigenvalue weighted by atomic mass is 10.1. The Bertz CT molecular complexity index is 1340. The number of carbonyl (C=O) groups excluding carboxylic acids is 2. The van der Waals surface area contributed by atoms with Crippen molar-refractivity contribution in [1.29, 1.82) is 0 Å². The molecule has 1 saturated carbocycles. The maximum absolute atomic E-state index is 12.0. The molecule has 1 aromatic heterocycles. The molecule has 3 fully saturated rings. The lowest BCUT2D eigenvalue weighted by Crippen LogP contribution is -2.47. The highest BCUT2D eigenvalue weighted by Gasteiger charge is 2.44. The second-order valence-electron chi connectivity index (χ2n) is 10.5. The molecule has 6 N–H and O–H groups in total. The van der Waals surface area contributed by atoms with Crippen molar-refractivity contribution in [2.24, 2.45) is 5.41 Å². The number of hydrogen-bond acceptors (Lipinski definition) is 8. The minimum Gasteiger partial charge on any atom is -0.383 e. The van der Waals surface area contributed by atoms with E-state index in [2.05, 4.69) is 49.8 Å². The fourth-order valence-corrected chi connectivity index (χ4v) is 4.97. The van der Waals surface area contributed by atoms with E-state index in [-0.39, 0.29) is 11.1 Å². The second kappa shape index (κ2) is 11.1. The molecule has 206 valence electrons. The number of nitrogens with zero attached hydrogens (tertiary/aromatic N) is 4. The van der Waals surface area contributed by atoms with Crippen LogP contribution in [0.2, 0.25) is 5.02 Å². The van der Waals surface area contributed by atoms with Gasteiger partial charge in [-0.3, -0.25) is 10.1 Å². The first-order chi connectivity index (χ1) is 18.7. The molecule has 3 heterocycles. The zero-order valence-electron chi connectivity index (χ0n) is 22.0. The summed E-state index contributed by atoms with van der Waals surface area (Å²) < 4.78 is 1.58. The van der Waals surface area contributed by atoms with Crippen LogP contribution in [-0.4, -0.2) is 77.8 Å². The Balaban J connectivity index is 1.36. The quantitative estimate of drug-likeness (QED) is 0.173. The molecule has 0 atom stereocenters. The Kier molecular flexibility index (Phi) is 7.65. The van der Waals surface area contributed by atoms with Crippen LogP contribution < -0.4 is 27.0 Å². The van der Waals surface area contributed by atoms with Gasteiger partial charge in [-0.1, -0.05) is 24.2 Å². The topological polar surface area (TPSA) is 133 Å². The molecule has 2 aromatic rings. The summed E-state index contributed by atoms with van der Waals surface area (Å²) in [7, 11) is 2.17. The Morgan fingerprint density at radius 1 is 1.23 bits per heavy atom. The highest BCUT2D eigenvalue weighted by atomic mass is 35.5. The van der Waals surface area contributed by atoms with Crippen molar-refractivity contribution in [1.82, 2.24) is 35.5 Å². The van der Waals surface area contributed by atoms with Gasteiger partial charge in [0, 0.05) is 72.7 Å². The van der Waals surface area contributed by atoms with E-state index in [0.717, 1.165) is 57.8 Å². The second-order valence-corrected chi connectivity index (χ2v) is 10.9. The van der Waals surface area contributed by atoms with E-state index >= 15 is 0 Å². The first-order valence-corrected chi connectivity index (χ1v) is 13.3. The van der Waals surface area contributed by atoms with Crippen molar-refractivity contribution in [2.45, 2.75) is 12.8 Å². The molecule has 0 radical (unpaired) electrons. The molecule has 1 aromatic carbocycles. The molecule has 0 bridgehead atoms. The number of nitrogens with two attached hydrogens (primary N) is 1. The van der Waals surface area contributed by atoms with Gasteiger partial charge in [0.05, 0.1) is 6.20 Å². The lowest BCUT2D eigenvalue weighted by Gasteiger charge is -2.35. The van der Waals surface area contributed by atoms with Crippen molar-refractivity contribution < 1.29 is 9.59 Å². The number of likely N-dealkylation sites (N-methyl/N-ethyl adjacent to an activating group) is 1. The van der Waals surface area contributed by atoms with Crippen molar-refractivity contribution in [3.05, 3.63) is 65.1 Å². The molecule has 5 rings (SSSR count). The summed E-state index contributed by atoms with van der Waals surface area (Å²) in [6.07, 6.45) is 7.21. The van der Waals surface area contributed by atoms with Gasteiger partial charge in [0.25, 0.3) is 5.91 Å². The number of piperazine rings is 1. The molecule has 0 spiro atoms. The van der Waals surface area contributed by atoms with E-state index in [1.165, 1.54) is 6.08 Å². The van der Waals surface area contributed by atoms with Gasteiger partial charge in [0.15, 0.2) is 0 Å². The van der Waals surface area contributed by atoms with Crippen LogP contribution in [0.15, 0.2) is 54.5 Å². The first kappa shape index (κ1) is 26.8. The van der Waals surface area contributed by atoms with Gasteiger partial charge in [0.1, 0.15) is 17.3 Å². The van der Waals surface area contributed by atoms with Gasteiger partial charge in [-0.2, -0.15) is 5.10 Å². The number of hydrogen-bond donors (Lipinski definition) is 5. The highest BCUT2D eigenvalue weighted by Crippen LogP contribution is 2.46. The van der Waals surface area contributed by atoms with Crippen molar-refractivity contribution in [3.8, 4) is 0 Å².